The second-order valence-electron chi connectivity index (χ2n) is 5.97. The molecule has 104 valence electrons. The Kier molecular flexibility index (Phi) is 3.87. The van der Waals surface area contributed by atoms with Gasteiger partial charge in [0.05, 0.1) is 0 Å². The van der Waals surface area contributed by atoms with Crippen molar-refractivity contribution in [3.05, 3.63) is 34.9 Å². The van der Waals surface area contributed by atoms with Crippen LogP contribution in [0.15, 0.2) is 18.2 Å². The summed E-state index contributed by atoms with van der Waals surface area (Å²) in [6.07, 6.45) is 1.22. The van der Waals surface area contributed by atoms with Crippen molar-refractivity contribution in [3.63, 3.8) is 0 Å². The van der Waals surface area contributed by atoms with Gasteiger partial charge in [0.25, 0.3) is 0 Å². The van der Waals surface area contributed by atoms with Crippen molar-refractivity contribution in [2.45, 2.75) is 32.5 Å². The van der Waals surface area contributed by atoms with Gasteiger partial charge in [-0.15, -0.1) is 0 Å². The molecule has 3 rings (SSSR count). The van der Waals surface area contributed by atoms with Gasteiger partial charge in [0.15, 0.2) is 0 Å². The smallest absolute Gasteiger partial charge is 0.0349 e. The Morgan fingerprint density at radius 3 is 2.84 bits per heavy atom. The Balaban J connectivity index is 1.69. The van der Waals surface area contributed by atoms with Crippen molar-refractivity contribution in [1.29, 1.82) is 0 Å². The fraction of sp³-hybridized carbons (Fsp3) is 0.625. The molecule has 1 aromatic carbocycles. The van der Waals surface area contributed by atoms with Gasteiger partial charge >= 0.3 is 0 Å². The van der Waals surface area contributed by atoms with Gasteiger partial charge in [-0.2, -0.15) is 0 Å². The summed E-state index contributed by atoms with van der Waals surface area (Å²) in [6.45, 7) is 9.12. The summed E-state index contributed by atoms with van der Waals surface area (Å²) in [5.74, 6) is 0. The molecule has 0 unspecified atom stereocenters. The lowest BCUT2D eigenvalue weighted by atomic mass is 9.95. The summed E-state index contributed by atoms with van der Waals surface area (Å²) in [6, 6.07) is 7.87. The van der Waals surface area contributed by atoms with Crippen molar-refractivity contribution in [3.8, 4) is 0 Å². The third-order valence-electron chi connectivity index (χ3n) is 4.58. The maximum absolute atomic E-state index is 3.37. The number of nitrogens with zero attached hydrogens (tertiary/aromatic N) is 2. The van der Waals surface area contributed by atoms with Gasteiger partial charge in [-0.25, -0.2) is 0 Å². The van der Waals surface area contributed by atoms with E-state index in [-0.39, 0.29) is 0 Å². The first kappa shape index (κ1) is 13.1. The average Bonchev–Trinajstić information content (AvgIpc) is 2.36. The highest BCUT2D eigenvalue weighted by Gasteiger charge is 2.27. The highest BCUT2D eigenvalue weighted by Crippen LogP contribution is 2.23. The minimum Gasteiger partial charge on any atom is -0.314 e. The Hall–Kier alpha value is -0.900. The first-order valence-corrected chi connectivity index (χ1v) is 7.50. The van der Waals surface area contributed by atoms with Crippen molar-refractivity contribution in [2.24, 2.45) is 0 Å². The fourth-order valence-electron chi connectivity index (χ4n) is 2.99. The summed E-state index contributed by atoms with van der Waals surface area (Å²) in [5, 5.41) is 3.37. The molecule has 2 aliphatic rings. The van der Waals surface area contributed by atoms with E-state index in [1.54, 1.807) is 11.1 Å². The zero-order valence-corrected chi connectivity index (χ0v) is 12.2. The molecule has 19 heavy (non-hydrogen) atoms. The molecule has 1 N–H and O–H groups in total. The maximum atomic E-state index is 3.37. The zero-order chi connectivity index (χ0) is 13.2. The fourth-order valence-corrected chi connectivity index (χ4v) is 2.99. The molecule has 0 amide bonds. The van der Waals surface area contributed by atoms with Gasteiger partial charge in [-0.3, -0.25) is 4.90 Å². The van der Waals surface area contributed by atoms with E-state index in [0.717, 1.165) is 25.7 Å². The largest absolute Gasteiger partial charge is 0.314 e. The van der Waals surface area contributed by atoms with Gasteiger partial charge in [-0.1, -0.05) is 25.1 Å². The topological polar surface area (TPSA) is 18.5 Å². The van der Waals surface area contributed by atoms with Crippen LogP contribution in [0.2, 0.25) is 0 Å². The SMILES string of the molecule is CCN(C)Cc1ccc2c(c1)CCN(C1CNC1)C2. The van der Waals surface area contributed by atoms with Crippen LogP contribution in [-0.2, 0) is 19.5 Å². The van der Waals surface area contributed by atoms with Crippen molar-refractivity contribution < 1.29 is 0 Å². The Morgan fingerprint density at radius 2 is 2.16 bits per heavy atom. The summed E-state index contributed by atoms with van der Waals surface area (Å²) >= 11 is 0. The molecule has 1 aromatic rings. The first-order valence-electron chi connectivity index (χ1n) is 7.50. The van der Waals surface area contributed by atoms with Gasteiger partial charge in [0.1, 0.15) is 0 Å². The zero-order valence-electron chi connectivity index (χ0n) is 12.2. The van der Waals surface area contributed by atoms with E-state index in [1.807, 2.05) is 0 Å². The Bertz CT molecular complexity index is 440. The van der Waals surface area contributed by atoms with Crippen LogP contribution >= 0.6 is 0 Å². The lowest BCUT2D eigenvalue weighted by Crippen LogP contribution is -2.57. The molecule has 3 heteroatoms. The minimum absolute atomic E-state index is 0.777. The number of nitrogens with one attached hydrogen (secondary N) is 1. The normalized spacial score (nSPS) is 20.4. The van der Waals surface area contributed by atoms with Crippen LogP contribution in [0, 0.1) is 0 Å². The number of rotatable bonds is 4. The molecule has 3 nitrogen and oxygen atoms in total. The molecule has 0 bridgehead atoms. The first-order chi connectivity index (χ1) is 9.26. The van der Waals surface area contributed by atoms with Crippen LogP contribution in [0.3, 0.4) is 0 Å². The highest BCUT2D eigenvalue weighted by molar-refractivity contribution is 5.34. The van der Waals surface area contributed by atoms with E-state index >= 15 is 0 Å². The van der Waals surface area contributed by atoms with E-state index in [0.29, 0.717) is 0 Å². The van der Waals surface area contributed by atoms with Crippen LogP contribution < -0.4 is 5.32 Å². The number of hydrogen-bond donors (Lipinski definition) is 1. The Labute approximate surface area is 116 Å². The van der Waals surface area contributed by atoms with Crippen LogP contribution in [0.5, 0.6) is 0 Å². The summed E-state index contributed by atoms with van der Waals surface area (Å²) in [7, 11) is 2.19. The van der Waals surface area contributed by atoms with E-state index < -0.39 is 0 Å². The predicted octanol–water partition coefficient (Wildman–Crippen LogP) is 1.47. The lowest BCUT2D eigenvalue weighted by molar-refractivity contribution is 0.131. The lowest BCUT2D eigenvalue weighted by Gasteiger charge is -2.41. The molecule has 2 heterocycles. The molecule has 0 radical (unpaired) electrons. The van der Waals surface area contributed by atoms with Crippen molar-refractivity contribution >= 4 is 0 Å². The summed E-state index contributed by atoms with van der Waals surface area (Å²) < 4.78 is 0. The third kappa shape index (κ3) is 2.83. The molecule has 0 atom stereocenters. The molecular weight excluding hydrogens is 234 g/mol. The molecule has 1 fully saturated rings. The van der Waals surface area contributed by atoms with Crippen molar-refractivity contribution in [2.75, 3.05) is 33.2 Å². The monoisotopic (exact) mass is 259 g/mol. The van der Waals surface area contributed by atoms with Crippen LogP contribution in [0.1, 0.15) is 23.6 Å². The molecular formula is C16H25N3. The average molecular weight is 259 g/mol. The molecule has 1 saturated heterocycles. The van der Waals surface area contributed by atoms with E-state index in [1.165, 1.54) is 31.6 Å². The second-order valence-corrected chi connectivity index (χ2v) is 5.97. The van der Waals surface area contributed by atoms with Gasteiger partial charge < -0.3 is 10.2 Å². The molecule has 0 aromatic heterocycles. The molecule has 0 aliphatic carbocycles. The van der Waals surface area contributed by atoms with Crippen LogP contribution in [-0.4, -0.2) is 49.1 Å². The molecule has 2 aliphatic heterocycles. The predicted molar refractivity (Wildman–Crippen MR) is 79.2 cm³/mol. The standard InChI is InChI=1S/C16H25N3/c1-3-18(2)11-13-4-5-15-12-19(16-9-17-10-16)7-6-14(15)8-13/h4-5,8,16-17H,3,6-7,9-12H2,1-2H3. The Morgan fingerprint density at radius 1 is 1.32 bits per heavy atom. The van der Waals surface area contributed by atoms with Crippen molar-refractivity contribution in [1.82, 2.24) is 15.1 Å². The van der Waals surface area contributed by atoms with Crippen LogP contribution in [0.4, 0.5) is 0 Å². The number of fused-ring (bicyclic) bond motifs is 1. The van der Waals surface area contributed by atoms with E-state index in [4.69, 9.17) is 0 Å². The van der Waals surface area contributed by atoms with Gasteiger partial charge in [0.2, 0.25) is 0 Å². The summed E-state index contributed by atoms with van der Waals surface area (Å²) in [4.78, 5) is 4.99. The summed E-state index contributed by atoms with van der Waals surface area (Å²) in [5.41, 5.74) is 4.58. The third-order valence-corrected chi connectivity index (χ3v) is 4.58. The minimum atomic E-state index is 0.777. The van der Waals surface area contributed by atoms with Gasteiger partial charge in [0, 0.05) is 38.8 Å². The van der Waals surface area contributed by atoms with E-state index in [2.05, 4.69) is 47.3 Å². The molecule has 0 spiro atoms. The second kappa shape index (κ2) is 5.61. The maximum Gasteiger partial charge on any atom is 0.0349 e. The van der Waals surface area contributed by atoms with Gasteiger partial charge in [-0.05, 0) is 36.7 Å². The highest BCUT2D eigenvalue weighted by atomic mass is 15.2. The number of hydrogen-bond acceptors (Lipinski definition) is 3. The quantitative estimate of drug-likeness (QED) is 0.883. The van der Waals surface area contributed by atoms with E-state index in [9.17, 15) is 0 Å². The molecule has 0 saturated carbocycles. The number of benzene rings is 1. The van der Waals surface area contributed by atoms with Crippen LogP contribution in [0.25, 0.3) is 0 Å².